The average Bonchev–Trinajstić information content (AvgIpc) is 3.52. The van der Waals surface area contributed by atoms with E-state index in [-0.39, 0.29) is 54.6 Å². The Labute approximate surface area is 245 Å². The van der Waals surface area contributed by atoms with E-state index >= 15 is 0 Å². The van der Waals surface area contributed by atoms with E-state index in [1.807, 2.05) is 24.3 Å². The maximum Gasteiger partial charge on any atom is 0.326 e. The fraction of sp³-hybridized carbons (Fsp3) is 0.310. The number of nitrogens with zero attached hydrogens (tertiary/aromatic N) is 5. The molecule has 3 aromatic heterocycles. The number of ether oxygens (including phenoxy) is 2. The van der Waals surface area contributed by atoms with Crippen molar-refractivity contribution < 1.29 is 23.0 Å². The molecule has 10 nitrogen and oxygen atoms in total. The summed E-state index contributed by atoms with van der Waals surface area (Å²) in [5.74, 6) is -1.98. The smallest absolute Gasteiger partial charge is 0.326 e. The van der Waals surface area contributed by atoms with Crippen LogP contribution in [0.3, 0.4) is 0 Å². The fourth-order valence-corrected chi connectivity index (χ4v) is 5.52. The van der Waals surface area contributed by atoms with E-state index in [0.29, 0.717) is 49.1 Å². The van der Waals surface area contributed by atoms with Crippen LogP contribution >= 0.6 is 12.4 Å². The quantitative estimate of drug-likeness (QED) is 0.267. The lowest BCUT2D eigenvalue weighted by molar-refractivity contribution is -0.133. The van der Waals surface area contributed by atoms with Gasteiger partial charge in [-0.3, -0.25) is 9.36 Å². The molecule has 220 valence electrons. The molecule has 1 saturated heterocycles. The van der Waals surface area contributed by atoms with Crippen molar-refractivity contribution in [3.05, 3.63) is 77.1 Å². The van der Waals surface area contributed by atoms with Crippen LogP contribution in [0.25, 0.3) is 33.2 Å². The summed E-state index contributed by atoms with van der Waals surface area (Å²) >= 11 is 0. The van der Waals surface area contributed by atoms with Crippen LogP contribution in [-0.4, -0.2) is 68.3 Å². The van der Waals surface area contributed by atoms with Crippen LogP contribution in [0.2, 0.25) is 0 Å². The predicted molar refractivity (Wildman–Crippen MR) is 155 cm³/mol. The van der Waals surface area contributed by atoms with Gasteiger partial charge in [0.05, 0.1) is 23.0 Å². The Hall–Kier alpha value is -4.29. The molecule has 13 heteroatoms. The van der Waals surface area contributed by atoms with Crippen molar-refractivity contribution in [1.82, 2.24) is 29.0 Å². The molecule has 0 unspecified atom stereocenters. The summed E-state index contributed by atoms with van der Waals surface area (Å²) in [5, 5.41) is 0.373. The fourth-order valence-electron chi connectivity index (χ4n) is 5.52. The second-order valence-corrected chi connectivity index (χ2v) is 9.92. The zero-order chi connectivity index (χ0) is 28.5. The van der Waals surface area contributed by atoms with E-state index in [1.165, 1.54) is 25.6 Å². The molecule has 0 spiro atoms. The van der Waals surface area contributed by atoms with Crippen LogP contribution in [-0.2, 0) is 16.1 Å². The molecule has 42 heavy (non-hydrogen) atoms. The Morgan fingerprint density at radius 2 is 1.83 bits per heavy atom. The first-order valence-corrected chi connectivity index (χ1v) is 13.3. The number of halogens is 3. The van der Waals surface area contributed by atoms with Gasteiger partial charge in [-0.05, 0) is 31.0 Å². The molecule has 0 atom stereocenters. The largest absolute Gasteiger partial charge is 0.475 e. The molecule has 1 aliphatic rings. The molecule has 5 aromatic rings. The average molecular weight is 599 g/mol. The van der Waals surface area contributed by atoms with Crippen LogP contribution in [0.1, 0.15) is 18.9 Å². The van der Waals surface area contributed by atoms with Crippen LogP contribution < -0.4 is 10.4 Å². The third-order valence-corrected chi connectivity index (χ3v) is 7.50. The van der Waals surface area contributed by atoms with Gasteiger partial charge in [0.15, 0.2) is 11.6 Å². The molecule has 1 amide bonds. The van der Waals surface area contributed by atoms with Gasteiger partial charge < -0.3 is 23.9 Å². The van der Waals surface area contributed by atoms with Crippen molar-refractivity contribution in [2.45, 2.75) is 25.4 Å². The number of hydrogen-bond donors (Lipinski definition) is 1. The zero-order valence-electron chi connectivity index (χ0n) is 22.8. The van der Waals surface area contributed by atoms with Crippen LogP contribution in [0.15, 0.2) is 59.8 Å². The molecule has 1 fully saturated rings. The second-order valence-electron chi connectivity index (χ2n) is 9.92. The minimum Gasteiger partial charge on any atom is -0.475 e. The molecule has 2 aromatic carbocycles. The summed E-state index contributed by atoms with van der Waals surface area (Å²) in [7, 11) is 1.54. The van der Waals surface area contributed by atoms with Crippen molar-refractivity contribution in [3.8, 4) is 17.0 Å². The van der Waals surface area contributed by atoms with E-state index in [4.69, 9.17) is 9.47 Å². The second kappa shape index (κ2) is 12.3. The number of para-hydroxylation sites is 2. The monoisotopic (exact) mass is 598 g/mol. The number of H-pyrrole nitrogens is 1. The highest BCUT2D eigenvalue weighted by atomic mass is 35.5. The minimum absolute atomic E-state index is 0. The molecule has 0 radical (unpaired) electrons. The van der Waals surface area contributed by atoms with Gasteiger partial charge in [0, 0.05) is 43.6 Å². The normalized spacial score (nSPS) is 13.9. The molecule has 0 aliphatic carbocycles. The Kier molecular flexibility index (Phi) is 8.55. The number of amides is 1. The number of rotatable bonds is 8. The maximum absolute atomic E-state index is 14.9. The van der Waals surface area contributed by atoms with Crippen molar-refractivity contribution in [3.63, 3.8) is 0 Å². The van der Waals surface area contributed by atoms with Gasteiger partial charge in [-0.1, -0.05) is 24.3 Å². The highest BCUT2D eigenvalue weighted by molar-refractivity contribution is 5.98. The summed E-state index contributed by atoms with van der Waals surface area (Å²) in [4.78, 5) is 39.3. The standard InChI is InChI=1S/C29H28F2N6O4.ClH/c1-40-13-14-41-28-25-20(19-5-4-6-21(30)26(19)31)15-36(27(25)32-17-33-28)16-24(38)35-11-9-18(10-12-35)37-23-8-3-2-7-22(23)34-29(37)39;/h2-8,15,17-18H,9-14,16H2,1H3,(H,34,39);1H. The molecular weight excluding hydrogens is 570 g/mol. The number of carbonyl (C=O) groups excluding carboxylic acids is 1. The van der Waals surface area contributed by atoms with Crippen LogP contribution in [0.4, 0.5) is 8.78 Å². The van der Waals surface area contributed by atoms with Gasteiger partial charge in [0.2, 0.25) is 11.8 Å². The summed E-state index contributed by atoms with van der Waals surface area (Å²) in [6, 6.07) is 11.4. The lowest BCUT2D eigenvalue weighted by Crippen LogP contribution is -2.41. The molecular formula is C29H29ClF2N6O4. The Bertz CT molecular complexity index is 1790. The highest BCUT2D eigenvalue weighted by Gasteiger charge is 2.28. The highest BCUT2D eigenvalue weighted by Crippen LogP contribution is 2.37. The topological polar surface area (TPSA) is 107 Å². The third kappa shape index (κ3) is 5.35. The van der Waals surface area contributed by atoms with Crippen LogP contribution in [0, 0.1) is 11.6 Å². The first-order chi connectivity index (χ1) is 20.0. The number of piperidine rings is 1. The van der Waals surface area contributed by atoms with Gasteiger partial charge in [-0.25, -0.2) is 23.5 Å². The van der Waals surface area contributed by atoms with Gasteiger partial charge in [-0.15, -0.1) is 12.4 Å². The molecule has 4 heterocycles. The van der Waals surface area contributed by atoms with Crippen molar-refractivity contribution in [2.24, 2.45) is 0 Å². The molecule has 0 saturated carbocycles. The number of likely N-dealkylation sites (tertiary alicyclic amines) is 1. The summed E-state index contributed by atoms with van der Waals surface area (Å²) < 4.78 is 43.3. The van der Waals surface area contributed by atoms with E-state index in [1.54, 1.807) is 20.2 Å². The van der Waals surface area contributed by atoms with Crippen molar-refractivity contribution in [2.75, 3.05) is 33.4 Å². The first-order valence-electron chi connectivity index (χ1n) is 13.3. The maximum atomic E-state index is 14.9. The van der Waals surface area contributed by atoms with Crippen LogP contribution in [0.5, 0.6) is 5.88 Å². The number of methoxy groups -OCH3 is 1. The number of benzene rings is 2. The number of fused-ring (bicyclic) bond motifs is 2. The summed E-state index contributed by atoms with van der Waals surface area (Å²) in [5.41, 5.74) is 2.16. The zero-order valence-corrected chi connectivity index (χ0v) is 23.6. The molecule has 1 aliphatic heterocycles. The SMILES string of the molecule is COCCOc1ncnc2c1c(-c1cccc(F)c1F)cn2CC(=O)N1CCC(n2c(=O)[nH]c3ccccc32)CC1.Cl. The molecule has 0 bridgehead atoms. The van der Waals surface area contributed by atoms with Gasteiger partial charge in [0.1, 0.15) is 25.1 Å². The van der Waals surface area contributed by atoms with Gasteiger partial charge >= 0.3 is 5.69 Å². The van der Waals surface area contributed by atoms with E-state index in [2.05, 4.69) is 15.0 Å². The lowest BCUT2D eigenvalue weighted by Gasteiger charge is -2.32. The number of hydrogen-bond acceptors (Lipinski definition) is 6. The Balaban J connectivity index is 0.00000353. The van der Waals surface area contributed by atoms with E-state index < -0.39 is 11.6 Å². The number of aromatic nitrogens is 5. The number of imidazole rings is 1. The van der Waals surface area contributed by atoms with E-state index in [0.717, 1.165) is 17.1 Å². The Morgan fingerprint density at radius 1 is 1.05 bits per heavy atom. The van der Waals surface area contributed by atoms with Crippen molar-refractivity contribution >= 4 is 40.4 Å². The number of nitrogens with one attached hydrogen (secondary N) is 1. The predicted octanol–water partition coefficient (Wildman–Crippen LogP) is 4.33. The summed E-state index contributed by atoms with van der Waals surface area (Å²) in [6.45, 7) is 1.36. The van der Waals surface area contributed by atoms with E-state index in [9.17, 15) is 18.4 Å². The number of carbonyl (C=O) groups is 1. The van der Waals surface area contributed by atoms with Gasteiger partial charge in [-0.2, -0.15) is 0 Å². The number of aromatic amines is 1. The minimum atomic E-state index is -1.01. The Morgan fingerprint density at radius 3 is 2.62 bits per heavy atom. The molecule has 6 rings (SSSR count). The molecule has 1 N–H and O–H groups in total. The van der Waals surface area contributed by atoms with Gasteiger partial charge in [0.25, 0.3) is 0 Å². The summed E-state index contributed by atoms with van der Waals surface area (Å²) in [6.07, 6.45) is 4.14. The lowest BCUT2D eigenvalue weighted by atomic mass is 10.0. The first kappa shape index (κ1) is 29.2. The third-order valence-electron chi connectivity index (χ3n) is 7.50. The van der Waals surface area contributed by atoms with Crippen molar-refractivity contribution in [1.29, 1.82) is 0 Å².